The zero-order valence-electron chi connectivity index (χ0n) is 10.4. The molecule has 3 rings (SSSR count). The highest BCUT2D eigenvalue weighted by molar-refractivity contribution is 5.92. The van der Waals surface area contributed by atoms with E-state index < -0.39 is 0 Å². The van der Waals surface area contributed by atoms with Crippen LogP contribution in [-0.4, -0.2) is 42.2 Å². The maximum absolute atomic E-state index is 12.2. The summed E-state index contributed by atoms with van der Waals surface area (Å²) < 4.78 is 5.52. The van der Waals surface area contributed by atoms with E-state index in [2.05, 4.69) is 20.6 Å². The summed E-state index contributed by atoms with van der Waals surface area (Å²) in [5.41, 5.74) is 0. The molecule has 0 unspecified atom stereocenters. The van der Waals surface area contributed by atoms with E-state index >= 15 is 0 Å². The molecule has 2 fully saturated rings. The van der Waals surface area contributed by atoms with Gasteiger partial charge >= 0.3 is 0 Å². The quantitative estimate of drug-likeness (QED) is 0.818. The second-order valence-electron chi connectivity index (χ2n) is 4.81. The second-order valence-corrected chi connectivity index (χ2v) is 4.81. The molecule has 0 spiro atoms. The van der Waals surface area contributed by atoms with Crippen LogP contribution < -0.4 is 10.6 Å². The lowest BCUT2D eigenvalue weighted by Crippen LogP contribution is -2.42. The fourth-order valence-electron chi connectivity index (χ4n) is 2.73. The molecule has 0 radical (unpaired) electrons. The van der Waals surface area contributed by atoms with E-state index in [0.717, 1.165) is 19.7 Å². The van der Waals surface area contributed by atoms with E-state index in [1.54, 1.807) is 18.6 Å². The van der Waals surface area contributed by atoms with Crippen molar-refractivity contribution in [1.29, 1.82) is 0 Å². The van der Waals surface area contributed by atoms with Crippen LogP contribution in [0.25, 0.3) is 0 Å². The van der Waals surface area contributed by atoms with Crippen molar-refractivity contribution in [3.8, 4) is 0 Å². The molecular formula is C12H17ClN4O2. The molecule has 0 aromatic carbocycles. The van der Waals surface area contributed by atoms with Crippen LogP contribution in [-0.2, 0) is 9.53 Å². The van der Waals surface area contributed by atoms with E-state index in [0.29, 0.717) is 24.3 Å². The molecule has 2 aliphatic heterocycles. The molecule has 2 N–H and O–H groups in total. The van der Waals surface area contributed by atoms with Gasteiger partial charge in [-0.05, 0) is 18.4 Å². The van der Waals surface area contributed by atoms with E-state index in [9.17, 15) is 4.79 Å². The predicted octanol–water partition coefficient (Wildman–Crippen LogP) is 0.319. The van der Waals surface area contributed by atoms with Crippen molar-refractivity contribution in [1.82, 2.24) is 15.3 Å². The van der Waals surface area contributed by atoms with Gasteiger partial charge in [0.15, 0.2) is 5.82 Å². The average molecular weight is 285 g/mol. The molecule has 2 saturated heterocycles. The monoisotopic (exact) mass is 284 g/mol. The molecule has 19 heavy (non-hydrogen) atoms. The number of halogens is 1. The lowest BCUT2D eigenvalue weighted by Gasteiger charge is -2.31. The van der Waals surface area contributed by atoms with Gasteiger partial charge in [0.2, 0.25) is 5.91 Å². The maximum Gasteiger partial charge on any atom is 0.231 e. The first-order valence-corrected chi connectivity index (χ1v) is 6.20. The first kappa shape index (κ1) is 14.2. The fourth-order valence-corrected chi connectivity index (χ4v) is 2.73. The van der Waals surface area contributed by atoms with Crippen LogP contribution in [0, 0.1) is 17.8 Å². The number of fused-ring (bicyclic) bond motifs is 1. The van der Waals surface area contributed by atoms with Crippen LogP contribution in [0.3, 0.4) is 0 Å². The van der Waals surface area contributed by atoms with Crippen molar-refractivity contribution < 1.29 is 9.53 Å². The highest BCUT2D eigenvalue weighted by Crippen LogP contribution is 2.30. The smallest absolute Gasteiger partial charge is 0.231 e. The maximum atomic E-state index is 12.2. The number of ether oxygens (including phenoxy) is 1. The lowest BCUT2D eigenvalue weighted by atomic mass is 9.82. The number of carbonyl (C=O) groups excluding carboxylic acids is 1. The highest BCUT2D eigenvalue weighted by Gasteiger charge is 2.40. The molecule has 1 amide bonds. The van der Waals surface area contributed by atoms with Gasteiger partial charge in [0, 0.05) is 18.9 Å². The van der Waals surface area contributed by atoms with Crippen molar-refractivity contribution in [2.45, 2.75) is 0 Å². The van der Waals surface area contributed by atoms with E-state index in [4.69, 9.17) is 4.74 Å². The van der Waals surface area contributed by atoms with Gasteiger partial charge in [-0.25, -0.2) is 4.98 Å². The van der Waals surface area contributed by atoms with Crippen molar-refractivity contribution in [3.05, 3.63) is 18.6 Å². The van der Waals surface area contributed by atoms with Crippen LogP contribution >= 0.6 is 12.4 Å². The van der Waals surface area contributed by atoms with Crippen LogP contribution in [0.5, 0.6) is 0 Å². The Hall–Kier alpha value is -1.24. The number of nitrogens with one attached hydrogen (secondary N) is 2. The summed E-state index contributed by atoms with van der Waals surface area (Å²) in [6.07, 6.45) is 4.69. The SMILES string of the molecule is Cl.O=C(Nc1cnccn1)[C@@H]1COC[C@H]2CNC[C@H]21. The summed E-state index contributed by atoms with van der Waals surface area (Å²) in [7, 11) is 0. The van der Waals surface area contributed by atoms with Gasteiger partial charge in [0.1, 0.15) is 0 Å². The van der Waals surface area contributed by atoms with Crippen LogP contribution in [0.15, 0.2) is 18.6 Å². The number of carbonyl (C=O) groups is 1. The standard InChI is InChI=1S/C12H16N4O2.ClH/c17-12(16-11-5-13-1-2-15-11)10-7-18-6-8-3-14-4-9(8)10;/h1-2,5,8-10,14H,3-4,6-7H2,(H,15,16,17);1H/t8-,9-,10-;/m1./s1. The van der Waals surface area contributed by atoms with E-state index in [1.807, 2.05) is 0 Å². The zero-order valence-corrected chi connectivity index (χ0v) is 11.2. The number of anilines is 1. The molecule has 1 aromatic heterocycles. The Labute approximate surface area is 117 Å². The minimum absolute atomic E-state index is 0. The van der Waals surface area contributed by atoms with Gasteiger partial charge in [-0.2, -0.15) is 0 Å². The molecule has 3 heterocycles. The summed E-state index contributed by atoms with van der Waals surface area (Å²) >= 11 is 0. The summed E-state index contributed by atoms with van der Waals surface area (Å²) in [6.45, 7) is 3.09. The number of hydrogen-bond acceptors (Lipinski definition) is 5. The van der Waals surface area contributed by atoms with E-state index in [-0.39, 0.29) is 24.2 Å². The van der Waals surface area contributed by atoms with Crippen molar-refractivity contribution in [2.24, 2.45) is 17.8 Å². The molecule has 1 aromatic rings. The Morgan fingerprint density at radius 2 is 2.26 bits per heavy atom. The Balaban J connectivity index is 0.00000133. The summed E-state index contributed by atoms with van der Waals surface area (Å²) in [4.78, 5) is 20.2. The molecule has 3 atom stereocenters. The van der Waals surface area contributed by atoms with Gasteiger partial charge in [-0.15, -0.1) is 12.4 Å². The Morgan fingerprint density at radius 1 is 1.37 bits per heavy atom. The predicted molar refractivity (Wildman–Crippen MR) is 72.1 cm³/mol. The van der Waals surface area contributed by atoms with Gasteiger partial charge < -0.3 is 15.4 Å². The number of amides is 1. The minimum Gasteiger partial charge on any atom is -0.380 e. The highest BCUT2D eigenvalue weighted by atomic mass is 35.5. The lowest BCUT2D eigenvalue weighted by molar-refractivity contribution is -0.128. The van der Waals surface area contributed by atoms with Gasteiger partial charge in [0.05, 0.1) is 25.3 Å². The van der Waals surface area contributed by atoms with E-state index in [1.165, 1.54) is 0 Å². The summed E-state index contributed by atoms with van der Waals surface area (Å²) in [5.74, 6) is 1.21. The third kappa shape index (κ3) is 3.02. The third-order valence-corrected chi connectivity index (χ3v) is 3.69. The summed E-state index contributed by atoms with van der Waals surface area (Å²) in [5, 5.41) is 6.13. The number of rotatable bonds is 2. The number of hydrogen-bond donors (Lipinski definition) is 2. The number of aromatic nitrogens is 2. The fraction of sp³-hybridized carbons (Fsp3) is 0.583. The average Bonchev–Trinajstić information content (AvgIpc) is 2.87. The second kappa shape index (κ2) is 6.27. The Bertz CT molecular complexity index is 431. The first-order chi connectivity index (χ1) is 8.84. The van der Waals surface area contributed by atoms with Crippen molar-refractivity contribution in [2.75, 3.05) is 31.6 Å². The molecule has 0 bridgehead atoms. The minimum atomic E-state index is -0.0965. The molecule has 0 aliphatic carbocycles. The zero-order chi connectivity index (χ0) is 12.4. The molecular weight excluding hydrogens is 268 g/mol. The van der Waals surface area contributed by atoms with Crippen LogP contribution in [0.4, 0.5) is 5.82 Å². The Morgan fingerprint density at radius 3 is 3.05 bits per heavy atom. The molecule has 104 valence electrons. The topological polar surface area (TPSA) is 76.1 Å². The Kier molecular flexibility index (Phi) is 4.68. The van der Waals surface area contributed by atoms with Crippen molar-refractivity contribution in [3.63, 3.8) is 0 Å². The molecule has 6 nitrogen and oxygen atoms in total. The van der Waals surface area contributed by atoms with Crippen molar-refractivity contribution >= 4 is 24.1 Å². The van der Waals surface area contributed by atoms with Gasteiger partial charge in [0.25, 0.3) is 0 Å². The normalized spacial score (nSPS) is 29.2. The third-order valence-electron chi connectivity index (χ3n) is 3.69. The van der Waals surface area contributed by atoms with Gasteiger partial charge in [-0.1, -0.05) is 0 Å². The van der Waals surface area contributed by atoms with Gasteiger partial charge in [-0.3, -0.25) is 9.78 Å². The molecule has 0 saturated carbocycles. The largest absolute Gasteiger partial charge is 0.380 e. The number of nitrogens with zero attached hydrogens (tertiary/aromatic N) is 2. The molecule has 7 heteroatoms. The summed E-state index contributed by atoms with van der Waals surface area (Å²) in [6, 6.07) is 0. The van der Waals surface area contributed by atoms with Crippen LogP contribution in [0.2, 0.25) is 0 Å². The van der Waals surface area contributed by atoms with Crippen LogP contribution in [0.1, 0.15) is 0 Å². The first-order valence-electron chi connectivity index (χ1n) is 6.20. The molecule has 2 aliphatic rings.